The van der Waals surface area contributed by atoms with Crippen molar-refractivity contribution in [1.29, 1.82) is 0 Å². The van der Waals surface area contributed by atoms with E-state index in [0.717, 1.165) is 31.6 Å². The van der Waals surface area contributed by atoms with Crippen LogP contribution in [0.25, 0.3) is 0 Å². The van der Waals surface area contributed by atoms with Gasteiger partial charge in [0.05, 0.1) is 12.6 Å². The number of nitrogens with one attached hydrogen (secondary N) is 2. The third-order valence-corrected chi connectivity index (χ3v) is 4.57. The van der Waals surface area contributed by atoms with Crippen LogP contribution in [0, 0.1) is 5.41 Å². The molecule has 0 aliphatic carbocycles. The fourth-order valence-corrected chi connectivity index (χ4v) is 2.84. The largest absolute Gasteiger partial charge is 0.352 e. The number of amides is 2. The highest BCUT2D eigenvalue weighted by atomic mass is 16.2. The number of hydrogen-bond donors (Lipinski definition) is 3. The molecular formula is C19H30N4O2. The number of carbonyl (C=O) groups is 2. The van der Waals surface area contributed by atoms with Gasteiger partial charge in [0, 0.05) is 24.8 Å². The van der Waals surface area contributed by atoms with E-state index in [1.165, 1.54) is 0 Å². The van der Waals surface area contributed by atoms with E-state index in [-0.39, 0.29) is 23.3 Å². The van der Waals surface area contributed by atoms with Crippen LogP contribution in [-0.4, -0.2) is 48.4 Å². The Kier molecular flexibility index (Phi) is 6.56. The van der Waals surface area contributed by atoms with E-state index in [1.807, 2.05) is 51.1 Å². The molecule has 4 N–H and O–H groups in total. The lowest BCUT2D eigenvalue weighted by Crippen LogP contribution is -2.53. The fourth-order valence-electron chi connectivity index (χ4n) is 2.84. The Hall–Kier alpha value is -1.92. The molecule has 1 aliphatic rings. The van der Waals surface area contributed by atoms with Gasteiger partial charge in [-0.05, 0) is 30.4 Å². The predicted molar refractivity (Wildman–Crippen MR) is 100 cm³/mol. The number of anilines is 1. The Balaban J connectivity index is 1.72. The molecule has 1 saturated heterocycles. The van der Waals surface area contributed by atoms with Gasteiger partial charge >= 0.3 is 0 Å². The van der Waals surface area contributed by atoms with Gasteiger partial charge in [-0.25, -0.2) is 0 Å². The zero-order chi connectivity index (χ0) is 18.4. The molecule has 1 aromatic rings. The molecule has 1 aromatic carbocycles. The average molecular weight is 346 g/mol. The summed E-state index contributed by atoms with van der Waals surface area (Å²) in [7, 11) is 0. The van der Waals surface area contributed by atoms with Crippen LogP contribution in [0.3, 0.4) is 0 Å². The van der Waals surface area contributed by atoms with Gasteiger partial charge in [-0.2, -0.15) is 0 Å². The SMILES string of the molecule is CC(C)(C)[C@H](N)C(=O)NC1CCN(CC(=O)Nc2ccccc2)CC1. The second-order valence-corrected chi connectivity index (χ2v) is 7.82. The van der Waals surface area contributed by atoms with Gasteiger partial charge in [0.1, 0.15) is 0 Å². The van der Waals surface area contributed by atoms with Crippen LogP contribution in [0.5, 0.6) is 0 Å². The Bertz CT molecular complexity index is 575. The van der Waals surface area contributed by atoms with Gasteiger partial charge in [-0.1, -0.05) is 39.0 Å². The van der Waals surface area contributed by atoms with E-state index < -0.39 is 6.04 Å². The normalized spacial score (nSPS) is 17.8. The average Bonchev–Trinajstić information content (AvgIpc) is 2.56. The summed E-state index contributed by atoms with van der Waals surface area (Å²) in [5.74, 6) is -0.101. The maximum absolute atomic E-state index is 12.2. The van der Waals surface area contributed by atoms with Crippen LogP contribution in [0.1, 0.15) is 33.6 Å². The zero-order valence-corrected chi connectivity index (χ0v) is 15.4. The van der Waals surface area contributed by atoms with Crippen molar-refractivity contribution in [2.75, 3.05) is 25.0 Å². The summed E-state index contributed by atoms with van der Waals surface area (Å²) in [4.78, 5) is 26.4. The highest BCUT2D eigenvalue weighted by molar-refractivity contribution is 5.92. The Morgan fingerprint density at radius 1 is 1.20 bits per heavy atom. The number of hydrogen-bond acceptors (Lipinski definition) is 4. The quantitative estimate of drug-likeness (QED) is 0.755. The van der Waals surface area contributed by atoms with E-state index in [9.17, 15) is 9.59 Å². The van der Waals surface area contributed by atoms with Crippen LogP contribution in [0.2, 0.25) is 0 Å². The second-order valence-electron chi connectivity index (χ2n) is 7.82. The number of piperidine rings is 1. The first-order valence-corrected chi connectivity index (χ1v) is 8.89. The lowest BCUT2D eigenvalue weighted by molar-refractivity contribution is -0.126. The van der Waals surface area contributed by atoms with Crippen molar-refractivity contribution in [3.8, 4) is 0 Å². The van der Waals surface area contributed by atoms with Crippen LogP contribution < -0.4 is 16.4 Å². The summed E-state index contributed by atoms with van der Waals surface area (Å²) in [5.41, 5.74) is 6.56. The predicted octanol–water partition coefficient (Wildman–Crippen LogP) is 1.58. The van der Waals surface area contributed by atoms with Crippen molar-refractivity contribution in [3.63, 3.8) is 0 Å². The molecule has 0 saturated carbocycles. The number of benzene rings is 1. The second kappa shape index (κ2) is 8.45. The zero-order valence-electron chi connectivity index (χ0n) is 15.4. The Morgan fingerprint density at radius 2 is 1.80 bits per heavy atom. The van der Waals surface area contributed by atoms with Gasteiger partial charge < -0.3 is 16.4 Å². The van der Waals surface area contributed by atoms with Gasteiger partial charge in [0.2, 0.25) is 11.8 Å². The number of rotatable bonds is 5. The summed E-state index contributed by atoms with van der Waals surface area (Å²) in [6.07, 6.45) is 1.67. The number of nitrogens with two attached hydrogens (primary N) is 1. The molecule has 0 unspecified atom stereocenters. The highest BCUT2D eigenvalue weighted by Gasteiger charge is 2.30. The van der Waals surface area contributed by atoms with E-state index in [2.05, 4.69) is 15.5 Å². The summed E-state index contributed by atoms with van der Waals surface area (Å²) >= 11 is 0. The molecule has 138 valence electrons. The maximum atomic E-state index is 12.2. The van der Waals surface area contributed by atoms with Gasteiger partial charge in [0.25, 0.3) is 0 Å². The number of likely N-dealkylation sites (tertiary alicyclic amines) is 1. The highest BCUT2D eigenvalue weighted by Crippen LogP contribution is 2.18. The van der Waals surface area contributed by atoms with Crippen molar-refractivity contribution in [2.45, 2.75) is 45.7 Å². The molecule has 6 heteroatoms. The molecule has 0 spiro atoms. The number of para-hydroxylation sites is 1. The third-order valence-electron chi connectivity index (χ3n) is 4.57. The van der Waals surface area contributed by atoms with Crippen LogP contribution in [-0.2, 0) is 9.59 Å². The molecular weight excluding hydrogens is 316 g/mol. The first kappa shape index (κ1) is 19.4. The van der Waals surface area contributed by atoms with Crippen molar-refractivity contribution in [1.82, 2.24) is 10.2 Å². The lowest BCUT2D eigenvalue weighted by atomic mass is 9.86. The third kappa shape index (κ3) is 6.14. The smallest absolute Gasteiger partial charge is 0.238 e. The molecule has 25 heavy (non-hydrogen) atoms. The molecule has 1 atom stereocenters. The van der Waals surface area contributed by atoms with Crippen molar-refractivity contribution < 1.29 is 9.59 Å². The van der Waals surface area contributed by atoms with Crippen LogP contribution in [0.15, 0.2) is 30.3 Å². The van der Waals surface area contributed by atoms with E-state index >= 15 is 0 Å². The standard InChI is InChI=1S/C19H30N4O2/c1-19(2,3)17(20)18(25)22-15-9-11-23(12-10-15)13-16(24)21-14-7-5-4-6-8-14/h4-8,15,17H,9-13,20H2,1-3H3,(H,21,24)(H,22,25)/t17-/m1/s1. The minimum atomic E-state index is -0.512. The van der Waals surface area contributed by atoms with Gasteiger partial charge in [-0.3, -0.25) is 14.5 Å². The summed E-state index contributed by atoms with van der Waals surface area (Å²) < 4.78 is 0. The molecule has 0 radical (unpaired) electrons. The lowest BCUT2D eigenvalue weighted by Gasteiger charge is -2.34. The van der Waals surface area contributed by atoms with Crippen molar-refractivity contribution >= 4 is 17.5 Å². The monoisotopic (exact) mass is 346 g/mol. The topological polar surface area (TPSA) is 87.5 Å². The molecule has 0 bridgehead atoms. The number of carbonyl (C=O) groups excluding carboxylic acids is 2. The molecule has 6 nitrogen and oxygen atoms in total. The van der Waals surface area contributed by atoms with Crippen LogP contribution >= 0.6 is 0 Å². The minimum absolute atomic E-state index is 0.0107. The van der Waals surface area contributed by atoms with Crippen molar-refractivity contribution in [3.05, 3.63) is 30.3 Å². The first-order chi connectivity index (χ1) is 11.8. The first-order valence-electron chi connectivity index (χ1n) is 8.89. The fraction of sp³-hybridized carbons (Fsp3) is 0.579. The summed E-state index contributed by atoms with van der Waals surface area (Å²) in [5, 5.41) is 5.95. The molecule has 0 aromatic heterocycles. The Labute approximate surface area is 150 Å². The van der Waals surface area contributed by atoms with Crippen LogP contribution in [0.4, 0.5) is 5.69 Å². The molecule has 2 rings (SSSR count). The van der Waals surface area contributed by atoms with E-state index in [1.54, 1.807) is 0 Å². The molecule has 1 heterocycles. The summed E-state index contributed by atoms with van der Waals surface area (Å²) in [6, 6.07) is 9.07. The molecule has 1 fully saturated rings. The molecule has 1 aliphatic heterocycles. The molecule has 2 amide bonds. The van der Waals surface area contributed by atoms with E-state index in [4.69, 9.17) is 5.73 Å². The van der Waals surface area contributed by atoms with Gasteiger partial charge in [0.15, 0.2) is 0 Å². The van der Waals surface area contributed by atoms with Gasteiger partial charge in [-0.15, -0.1) is 0 Å². The minimum Gasteiger partial charge on any atom is -0.352 e. The maximum Gasteiger partial charge on any atom is 0.238 e. The van der Waals surface area contributed by atoms with Crippen molar-refractivity contribution in [2.24, 2.45) is 11.1 Å². The van der Waals surface area contributed by atoms with E-state index in [0.29, 0.717) is 6.54 Å². The Morgan fingerprint density at radius 3 is 2.36 bits per heavy atom. The number of nitrogens with zero attached hydrogens (tertiary/aromatic N) is 1. The summed E-state index contributed by atoms with van der Waals surface area (Å²) in [6.45, 7) is 7.84.